The Morgan fingerprint density at radius 3 is 2.31 bits per heavy atom. The van der Waals surface area contributed by atoms with E-state index in [1.54, 1.807) is 0 Å². The van der Waals surface area contributed by atoms with Crippen molar-refractivity contribution in [1.82, 2.24) is 0 Å². The molecule has 0 amide bonds. The standard InChI is InChI=1S/C13H19NO2/c1-7-5-11(12(14)6-13(15)16)10(4)9(3)8(7)2/h5,12H,6,14H2,1-4H3,(H,15,16). The third-order valence-corrected chi connectivity index (χ3v) is 3.32. The van der Waals surface area contributed by atoms with Gasteiger partial charge < -0.3 is 10.8 Å². The van der Waals surface area contributed by atoms with Crippen LogP contribution in [-0.2, 0) is 4.79 Å². The van der Waals surface area contributed by atoms with Gasteiger partial charge in [0.2, 0.25) is 0 Å². The predicted molar refractivity (Wildman–Crippen MR) is 64.6 cm³/mol. The van der Waals surface area contributed by atoms with Crippen LogP contribution in [0.1, 0.15) is 40.3 Å². The summed E-state index contributed by atoms with van der Waals surface area (Å²) in [5.41, 5.74) is 11.6. The number of carbonyl (C=O) groups is 1. The van der Waals surface area contributed by atoms with Crippen LogP contribution in [0.4, 0.5) is 0 Å². The smallest absolute Gasteiger partial charge is 0.305 e. The molecule has 0 aromatic heterocycles. The Hall–Kier alpha value is -1.35. The zero-order valence-corrected chi connectivity index (χ0v) is 10.3. The number of aliphatic carboxylic acids is 1. The lowest BCUT2D eigenvalue weighted by Gasteiger charge is -2.18. The van der Waals surface area contributed by atoms with Crippen molar-refractivity contribution in [2.75, 3.05) is 0 Å². The highest BCUT2D eigenvalue weighted by Crippen LogP contribution is 2.26. The summed E-state index contributed by atoms with van der Waals surface area (Å²) in [6.07, 6.45) is -0.0250. The number of aryl methyl sites for hydroxylation is 1. The van der Waals surface area contributed by atoms with E-state index in [1.807, 2.05) is 19.9 Å². The minimum absolute atomic E-state index is 0.0250. The van der Waals surface area contributed by atoms with E-state index in [0.717, 1.165) is 11.1 Å². The van der Waals surface area contributed by atoms with Crippen molar-refractivity contribution in [3.63, 3.8) is 0 Å². The molecule has 1 aromatic carbocycles. The first kappa shape index (κ1) is 12.7. The summed E-state index contributed by atoms with van der Waals surface area (Å²) in [6, 6.07) is 1.58. The largest absolute Gasteiger partial charge is 0.481 e. The highest BCUT2D eigenvalue weighted by Gasteiger charge is 2.15. The average Bonchev–Trinajstić information content (AvgIpc) is 2.19. The molecular weight excluding hydrogens is 202 g/mol. The first-order valence-corrected chi connectivity index (χ1v) is 5.39. The van der Waals surface area contributed by atoms with E-state index in [9.17, 15) is 4.79 Å². The molecule has 1 atom stereocenters. The molecule has 0 heterocycles. The maximum Gasteiger partial charge on any atom is 0.305 e. The number of rotatable bonds is 3. The zero-order chi connectivity index (χ0) is 12.5. The van der Waals surface area contributed by atoms with Crippen LogP contribution in [0.3, 0.4) is 0 Å². The highest BCUT2D eigenvalue weighted by atomic mass is 16.4. The van der Waals surface area contributed by atoms with Crippen LogP contribution in [0.2, 0.25) is 0 Å². The maximum absolute atomic E-state index is 10.7. The summed E-state index contributed by atoms with van der Waals surface area (Å²) in [5, 5.41) is 8.75. The Balaban J connectivity index is 3.19. The second kappa shape index (κ2) is 4.66. The van der Waals surface area contributed by atoms with E-state index in [2.05, 4.69) is 13.8 Å². The Morgan fingerprint density at radius 2 is 1.81 bits per heavy atom. The predicted octanol–water partition coefficient (Wildman–Crippen LogP) is 2.39. The summed E-state index contributed by atoms with van der Waals surface area (Å²) in [7, 11) is 0. The van der Waals surface area contributed by atoms with Gasteiger partial charge in [-0.05, 0) is 55.5 Å². The zero-order valence-electron chi connectivity index (χ0n) is 10.3. The van der Waals surface area contributed by atoms with Gasteiger partial charge in [-0.25, -0.2) is 0 Å². The Morgan fingerprint density at radius 1 is 1.25 bits per heavy atom. The normalized spacial score (nSPS) is 12.6. The summed E-state index contributed by atoms with van der Waals surface area (Å²) in [5.74, 6) is -0.859. The molecule has 0 aliphatic heterocycles. The molecule has 0 radical (unpaired) electrons. The van der Waals surface area contributed by atoms with Crippen LogP contribution in [0.5, 0.6) is 0 Å². The van der Waals surface area contributed by atoms with Gasteiger partial charge in [-0.1, -0.05) is 6.07 Å². The molecule has 3 N–H and O–H groups in total. The number of benzene rings is 1. The van der Waals surface area contributed by atoms with Gasteiger partial charge in [0.15, 0.2) is 0 Å². The summed E-state index contributed by atoms with van der Waals surface area (Å²) < 4.78 is 0. The second-order valence-electron chi connectivity index (χ2n) is 4.36. The molecule has 3 nitrogen and oxygen atoms in total. The highest BCUT2D eigenvalue weighted by molar-refractivity contribution is 5.68. The number of carboxylic acid groups (broad SMARTS) is 1. The van der Waals surface area contributed by atoms with Crippen LogP contribution in [-0.4, -0.2) is 11.1 Å². The number of carboxylic acids is 1. The van der Waals surface area contributed by atoms with Crippen molar-refractivity contribution in [2.24, 2.45) is 5.73 Å². The molecule has 16 heavy (non-hydrogen) atoms. The van der Waals surface area contributed by atoms with Crippen LogP contribution < -0.4 is 5.73 Å². The Bertz CT molecular complexity index is 424. The van der Waals surface area contributed by atoms with Crippen molar-refractivity contribution in [1.29, 1.82) is 0 Å². The molecule has 0 fully saturated rings. The topological polar surface area (TPSA) is 63.3 Å². The summed E-state index contributed by atoms with van der Waals surface area (Å²) in [4.78, 5) is 10.7. The van der Waals surface area contributed by atoms with Crippen molar-refractivity contribution in [3.8, 4) is 0 Å². The second-order valence-corrected chi connectivity index (χ2v) is 4.36. The molecule has 0 aliphatic rings. The number of hydrogen-bond donors (Lipinski definition) is 2. The van der Waals surface area contributed by atoms with Crippen molar-refractivity contribution < 1.29 is 9.90 Å². The third-order valence-electron chi connectivity index (χ3n) is 3.32. The van der Waals surface area contributed by atoms with Gasteiger partial charge in [-0.3, -0.25) is 4.79 Å². The molecule has 1 unspecified atom stereocenters. The van der Waals surface area contributed by atoms with Crippen molar-refractivity contribution >= 4 is 5.97 Å². The Labute approximate surface area is 96.3 Å². The van der Waals surface area contributed by atoms with Gasteiger partial charge in [-0.2, -0.15) is 0 Å². The van der Waals surface area contributed by atoms with E-state index < -0.39 is 12.0 Å². The maximum atomic E-state index is 10.7. The molecule has 0 aliphatic carbocycles. The molecule has 0 saturated carbocycles. The molecule has 0 saturated heterocycles. The van der Waals surface area contributed by atoms with Crippen molar-refractivity contribution in [3.05, 3.63) is 33.9 Å². The van der Waals surface area contributed by atoms with Gasteiger partial charge in [0.25, 0.3) is 0 Å². The molecule has 1 rings (SSSR count). The van der Waals surface area contributed by atoms with Gasteiger partial charge in [0.1, 0.15) is 0 Å². The molecule has 1 aromatic rings. The van der Waals surface area contributed by atoms with Crippen LogP contribution in [0.15, 0.2) is 6.07 Å². The van der Waals surface area contributed by atoms with Gasteiger partial charge in [0.05, 0.1) is 6.42 Å². The van der Waals surface area contributed by atoms with Crippen LogP contribution >= 0.6 is 0 Å². The minimum Gasteiger partial charge on any atom is -0.481 e. The van der Waals surface area contributed by atoms with Crippen molar-refractivity contribution in [2.45, 2.75) is 40.2 Å². The lowest BCUT2D eigenvalue weighted by atomic mass is 9.90. The lowest BCUT2D eigenvalue weighted by Crippen LogP contribution is -2.17. The monoisotopic (exact) mass is 221 g/mol. The van der Waals surface area contributed by atoms with E-state index in [-0.39, 0.29) is 6.42 Å². The quantitative estimate of drug-likeness (QED) is 0.823. The fraction of sp³-hybridized carbons (Fsp3) is 0.462. The van der Waals surface area contributed by atoms with Gasteiger partial charge in [-0.15, -0.1) is 0 Å². The van der Waals surface area contributed by atoms with Crippen LogP contribution in [0, 0.1) is 27.7 Å². The Kier molecular flexibility index (Phi) is 3.70. The van der Waals surface area contributed by atoms with Gasteiger partial charge >= 0.3 is 5.97 Å². The SMILES string of the molecule is Cc1cc(C(N)CC(=O)O)c(C)c(C)c1C. The molecular formula is C13H19NO2. The number of hydrogen-bond acceptors (Lipinski definition) is 2. The number of nitrogens with two attached hydrogens (primary N) is 1. The van der Waals surface area contributed by atoms with E-state index >= 15 is 0 Å². The fourth-order valence-electron chi connectivity index (χ4n) is 1.93. The first-order valence-electron chi connectivity index (χ1n) is 5.39. The average molecular weight is 221 g/mol. The van der Waals surface area contributed by atoms with E-state index in [0.29, 0.717) is 0 Å². The van der Waals surface area contributed by atoms with Crippen LogP contribution in [0.25, 0.3) is 0 Å². The first-order chi connectivity index (χ1) is 7.34. The molecule has 3 heteroatoms. The fourth-order valence-corrected chi connectivity index (χ4v) is 1.93. The van der Waals surface area contributed by atoms with E-state index in [4.69, 9.17) is 10.8 Å². The molecule has 0 spiro atoms. The lowest BCUT2D eigenvalue weighted by molar-refractivity contribution is -0.137. The summed E-state index contributed by atoms with van der Waals surface area (Å²) >= 11 is 0. The minimum atomic E-state index is -0.859. The third kappa shape index (κ3) is 2.42. The van der Waals surface area contributed by atoms with Gasteiger partial charge in [0, 0.05) is 6.04 Å². The summed E-state index contributed by atoms with van der Waals surface area (Å²) in [6.45, 7) is 8.15. The molecule has 0 bridgehead atoms. The van der Waals surface area contributed by atoms with E-state index in [1.165, 1.54) is 16.7 Å². The molecule has 88 valence electrons.